The molecule has 0 spiro atoms. The van der Waals surface area contributed by atoms with Gasteiger partial charge in [-0.25, -0.2) is 19.3 Å². The van der Waals surface area contributed by atoms with Gasteiger partial charge in [0.2, 0.25) is 11.3 Å². The second kappa shape index (κ2) is 8.11. The molecule has 0 fully saturated rings. The molecule has 0 aliphatic heterocycles. The van der Waals surface area contributed by atoms with Crippen molar-refractivity contribution >= 4 is 34.3 Å². The van der Waals surface area contributed by atoms with Crippen molar-refractivity contribution < 1.29 is 9.37 Å². The summed E-state index contributed by atoms with van der Waals surface area (Å²) in [6, 6.07) is 16.7. The van der Waals surface area contributed by atoms with E-state index in [1.807, 2.05) is 68.6 Å². The average molecular weight is 444 g/mol. The van der Waals surface area contributed by atoms with Gasteiger partial charge >= 0.3 is 0 Å². The van der Waals surface area contributed by atoms with E-state index in [2.05, 4.69) is 30.9 Å². The van der Waals surface area contributed by atoms with E-state index < -0.39 is 0 Å². The highest BCUT2D eigenvalue weighted by Gasteiger charge is 2.20. The third kappa shape index (κ3) is 3.65. The highest BCUT2D eigenvalue weighted by atomic mass is 16.6. The van der Waals surface area contributed by atoms with Crippen LogP contribution in [0.3, 0.4) is 0 Å². The van der Waals surface area contributed by atoms with Crippen molar-refractivity contribution in [2.75, 3.05) is 17.7 Å². The molecule has 0 radical (unpaired) electrons. The zero-order valence-electron chi connectivity index (χ0n) is 18.1. The smallest absolute Gasteiger partial charge is 0.295 e. The Kier molecular flexibility index (Phi) is 4.98. The largest absolute Gasteiger partial charge is 0.497 e. The number of hydrogen-bond donors (Lipinski definition) is 2. The molecular formula is C22H20N8O3. The van der Waals surface area contributed by atoms with E-state index in [4.69, 9.17) is 9.37 Å². The summed E-state index contributed by atoms with van der Waals surface area (Å²) in [6.07, 6.45) is 0. The van der Waals surface area contributed by atoms with Gasteiger partial charge in [-0.2, -0.15) is 0 Å². The molecule has 0 aliphatic carbocycles. The van der Waals surface area contributed by atoms with E-state index in [0.717, 1.165) is 22.8 Å². The van der Waals surface area contributed by atoms with Gasteiger partial charge < -0.3 is 15.4 Å². The summed E-state index contributed by atoms with van der Waals surface area (Å²) >= 11 is 0. The summed E-state index contributed by atoms with van der Waals surface area (Å²) in [7, 11) is 3.42. The van der Waals surface area contributed by atoms with Crippen LogP contribution in [0.1, 0.15) is 5.69 Å². The van der Waals surface area contributed by atoms with Gasteiger partial charge in [0.1, 0.15) is 11.4 Å². The summed E-state index contributed by atoms with van der Waals surface area (Å²) in [5, 5.41) is 13.9. The molecule has 0 aliphatic rings. The minimum absolute atomic E-state index is 0.217. The van der Waals surface area contributed by atoms with Gasteiger partial charge in [-0.3, -0.25) is 9.48 Å². The Balaban J connectivity index is 1.58. The minimum atomic E-state index is -0.225. The van der Waals surface area contributed by atoms with Crippen LogP contribution in [0.25, 0.3) is 17.0 Å². The predicted molar refractivity (Wildman–Crippen MR) is 123 cm³/mol. The Morgan fingerprint density at radius 3 is 2.18 bits per heavy atom. The van der Waals surface area contributed by atoms with Crippen LogP contribution in [0.2, 0.25) is 0 Å². The summed E-state index contributed by atoms with van der Waals surface area (Å²) < 4.78 is 13.3. The molecule has 2 aromatic carbocycles. The number of benzene rings is 2. The Morgan fingerprint density at radius 2 is 1.55 bits per heavy atom. The predicted octanol–water partition coefficient (Wildman–Crippen LogP) is 3.31. The Morgan fingerprint density at radius 1 is 0.909 bits per heavy atom. The van der Waals surface area contributed by atoms with E-state index >= 15 is 0 Å². The molecule has 3 aromatic heterocycles. The van der Waals surface area contributed by atoms with Gasteiger partial charge in [0, 0.05) is 12.7 Å². The number of anilines is 4. The quantitative estimate of drug-likeness (QED) is 0.406. The van der Waals surface area contributed by atoms with E-state index in [1.165, 1.54) is 0 Å². The lowest BCUT2D eigenvalue weighted by molar-refractivity contribution is 0.314. The lowest BCUT2D eigenvalue weighted by Gasteiger charge is -2.11. The number of methoxy groups -OCH3 is 1. The van der Waals surface area contributed by atoms with E-state index in [9.17, 15) is 4.79 Å². The van der Waals surface area contributed by atoms with E-state index in [-0.39, 0.29) is 16.9 Å². The van der Waals surface area contributed by atoms with Crippen LogP contribution in [0.4, 0.5) is 23.0 Å². The second-order valence-electron chi connectivity index (χ2n) is 7.25. The van der Waals surface area contributed by atoms with Crippen LogP contribution in [0.15, 0.2) is 64.0 Å². The average Bonchev–Trinajstić information content (AvgIpc) is 3.38. The second-order valence-corrected chi connectivity index (χ2v) is 7.25. The number of para-hydroxylation sites is 1. The number of nitrogens with zero attached hydrogens (tertiary/aromatic N) is 6. The van der Waals surface area contributed by atoms with Crippen molar-refractivity contribution in [2.24, 2.45) is 7.05 Å². The van der Waals surface area contributed by atoms with Crippen molar-refractivity contribution in [2.45, 2.75) is 6.92 Å². The van der Waals surface area contributed by atoms with Gasteiger partial charge in [-0.05, 0) is 53.6 Å². The van der Waals surface area contributed by atoms with E-state index in [0.29, 0.717) is 17.3 Å². The van der Waals surface area contributed by atoms with Crippen LogP contribution in [-0.2, 0) is 7.05 Å². The van der Waals surface area contributed by atoms with Crippen molar-refractivity contribution in [3.8, 4) is 11.4 Å². The minimum Gasteiger partial charge on any atom is -0.497 e. The maximum atomic E-state index is 13.3. The number of nitrogens with one attached hydrogen (secondary N) is 2. The monoisotopic (exact) mass is 444 g/mol. The van der Waals surface area contributed by atoms with Gasteiger partial charge in [0.15, 0.2) is 11.6 Å². The molecule has 11 nitrogen and oxygen atoms in total. The normalized spacial score (nSPS) is 11.0. The van der Waals surface area contributed by atoms with Crippen molar-refractivity contribution in [3.05, 3.63) is 70.6 Å². The molecule has 5 rings (SSSR count). The van der Waals surface area contributed by atoms with Crippen LogP contribution in [0.5, 0.6) is 5.75 Å². The highest BCUT2D eigenvalue weighted by Crippen LogP contribution is 2.28. The van der Waals surface area contributed by atoms with Crippen LogP contribution in [-0.4, -0.2) is 36.8 Å². The molecule has 0 atom stereocenters. The lowest BCUT2D eigenvalue weighted by atomic mass is 10.3. The number of hydrogen-bond acceptors (Lipinski definition) is 9. The van der Waals surface area contributed by atoms with Crippen molar-refractivity contribution in [1.82, 2.24) is 29.6 Å². The first-order valence-corrected chi connectivity index (χ1v) is 10.1. The van der Waals surface area contributed by atoms with Gasteiger partial charge in [0.05, 0.1) is 18.5 Å². The maximum absolute atomic E-state index is 13.3. The zero-order chi connectivity index (χ0) is 22.9. The van der Waals surface area contributed by atoms with Gasteiger partial charge in [-0.15, -0.1) is 0 Å². The maximum Gasteiger partial charge on any atom is 0.295 e. The Labute approximate surface area is 187 Å². The molecular weight excluding hydrogens is 424 g/mol. The third-order valence-corrected chi connectivity index (χ3v) is 5.26. The fourth-order valence-electron chi connectivity index (χ4n) is 3.45. The van der Waals surface area contributed by atoms with Crippen LogP contribution < -0.4 is 20.9 Å². The molecule has 166 valence electrons. The Hall–Kier alpha value is -4.67. The first-order valence-electron chi connectivity index (χ1n) is 10.1. The number of fused-ring (bicyclic) bond motifs is 1. The molecule has 0 saturated heterocycles. The SMILES string of the molecule is COc1ccc(Nc2nc3nonc3nc2Nc2c(C)n(C)n(-c3ccccc3)c2=O)cc1. The van der Waals surface area contributed by atoms with Crippen molar-refractivity contribution in [1.29, 1.82) is 0 Å². The number of ether oxygens (including phenoxy) is 1. The fraction of sp³-hybridized carbons (Fsp3) is 0.136. The molecule has 33 heavy (non-hydrogen) atoms. The summed E-state index contributed by atoms with van der Waals surface area (Å²) in [6.45, 7) is 1.85. The molecule has 5 aromatic rings. The summed E-state index contributed by atoms with van der Waals surface area (Å²) in [4.78, 5) is 22.3. The lowest BCUT2D eigenvalue weighted by Crippen LogP contribution is -2.20. The van der Waals surface area contributed by atoms with E-state index in [1.54, 1.807) is 16.5 Å². The van der Waals surface area contributed by atoms with Crippen LogP contribution >= 0.6 is 0 Å². The first-order chi connectivity index (χ1) is 16.0. The van der Waals surface area contributed by atoms with Gasteiger partial charge in [-0.1, -0.05) is 18.2 Å². The molecule has 3 heterocycles. The molecule has 0 unspecified atom stereocenters. The number of aromatic nitrogens is 6. The first kappa shape index (κ1) is 20.2. The summed E-state index contributed by atoms with van der Waals surface area (Å²) in [5.74, 6) is 1.39. The highest BCUT2D eigenvalue weighted by molar-refractivity contribution is 5.79. The summed E-state index contributed by atoms with van der Waals surface area (Å²) in [5.41, 5.74) is 2.81. The molecule has 0 saturated carbocycles. The topological polar surface area (TPSA) is 125 Å². The molecule has 2 N–H and O–H groups in total. The van der Waals surface area contributed by atoms with Crippen molar-refractivity contribution in [3.63, 3.8) is 0 Å². The number of rotatable bonds is 6. The molecule has 11 heteroatoms. The third-order valence-electron chi connectivity index (χ3n) is 5.26. The molecule has 0 amide bonds. The van der Waals surface area contributed by atoms with Crippen LogP contribution in [0, 0.1) is 6.92 Å². The Bertz CT molecular complexity index is 1490. The fourth-order valence-corrected chi connectivity index (χ4v) is 3.45. The van der Waals surface area contributed by atoms with Gasteiger partial charge in [0.25, 0.3) is 5.56 Å². The molecule has 0 bridgehead atoms. The zero-order valence-corrected chi connectivity index (χ0v) is 18.1. The standard InChI is InChI=1S/C22H20N8O3/c1-13-17(22(31)30(29(13)2)15-7-5-4-6-8-15)24-19-18(25-20-21(26-19)28-33-27-20)23-14-9-11-16(32-3)12-10-14/h4-12H,1-3H3,(H,23,25,27)(H,24,26,28).